The van der Waals surface area contributed by atoms with Crippen molar-refractivity contribution in [1.29, 1.82) is 0 Å². The summed E-state index contributed by atoms with van der Waals surface area (Å²) in [6.07, 6.45) is 1.36. The fraction of sp³-hybridized carbons (Fsp3) is 0.900. The van der Waals surface area contributed by atoms with Crippen molar-refractivity contribution in [2.45, 2.75) is 39.2 Å². The average molecular weight is 204 g/mol. The Morgan fingerprint density at radius 1 is 1.36 bits per heavy atom. The molecular formula is C10H20O4. The van der Waals surface area contributed by atoms with Crippen molar-refractivity contribution in [1.82, 2.24) is 0 Å². The van der Waals surface area contributed by atoms with Crippen LogP contribution < -0.4 is 0 Å². The van der Waals surface area contributed by atoms with Crippen LogP contribution in [-0.2, 0) is 9.53 Å². The standard InChI is InChI=1S/C10H20O4/c1-3-8(4-2)9(10(12)13)14-7-5-6-11/h8-9,11H,3-7H2,1-2H3,(H,12,13). The van der Waals surface area contributed by atoms with E-state index in [0.717, 1.165) is 12.8 Å². The van der Waals surface area contributed by atoms with Crippen molar-refractivity contribution < 1.29 is 19.7 Å². The van der Waals surface area contributed by atoms with Gasteiger partial charge in [-0.05, 0) is 12.3 Å². The van der Waals surface area contributed by atoms with Gasteiger partial charge in [-0.1, -0.05) is 26.7 Å². The minimum Gasteiger partial charge on any atom is -0.479 e. The summed E-state index contributed by atoms with van der Waals surface area (Å²) >= 11 is 0. The Kier molecular flexibility index (Phi) is 7.42. The van der Waals surface area contributed by atoms with Gasteiger partial charge in [0.1, 0.15) is 0 Å². The number of aliphatic hydroxyl groups excluding tert-OH is 1. The van der Waals surface area contributed by atoms with E-state index in [1.807, 2.05) is 13.8 Å². The Morgan fingerprint density at radius 3 is 2.29 bits per heavy atom. The maximum Gasteiger partial charge on any atom is 0.333 e. The van der Waals surface area contributed by atoms with E-state index >= 15 is 0 Å². The monoisotopic (exact) mass is 204 g/mol. The highest BCUT2D eigenvalue weighted by atomic mass is 16.5. The van der Waals surface area contributed by atoms with Crippen molar-refractivity contribution >= 4 is 5.97 Å². The number of ether oxygens (including phenoxy) is 1. The molecule has 0 aliphatic carbocycles. The Balaban J connectivity index is 4.06. The van der Waals surface area contributed by atoms with Crippen molar-refractivity contribution in [3.05, 3.63) is 0 Å². The summed E-state index contributed by atoms with van der Waals surface area (Å²) < 4.78 is 5.23. The highest BCUT2D eigenvalue weighted by molar-refractivity contribution is 5.72. The Bertz CT molecular complexity index is 154. The zero-order valence-electron chi connectivity index (χ0n) is 8.90. The molecule has 0 aliphatic heterocycles. The molecule has 0 rings (SSSR count). The topological polar surface area (TPSA) is 66.8 Å². The molecule has 0 spiro atoms. The molecule has 4 nitrogen and oxygen atoms in total. The largest absolute Gasteiger partial charge is 0.479 e. The van der Waals surface area contributed by atoms with Crippen molar-refractivity contribution in [2.24, 2.45) is 5.92 Å². The Labute approximate surface area is 84.9 Å². The van der Waals surface area contributed by atoms with Gasteiger partial charge in [-0.2, -0.15) is 0 Å². The highest BCUT2D eigenvalue weighted by Gasteiger charge is 2.25. The summed E-state index contributed by atoms with van der Waals surface area (Å²) in [4.78, 5) is 10.9. The van der Waals surface area contributed by atoms with E-state index in [-0.39, 0.29) is 12.5 Å². The van der Waals surface area contributed by atoms with E-state index in [4.69, 9.17) is 14.9 Å². The molecule has 1 atom stereocenters. The third-order valence-electron chi connectivity index (χ3n) is 2.32. The molecule has 4 heteroatoms. The fourth-order valence-corrected chi connectivity index (χ4v) is 1.40. The molecule has 0 saturated heterocycles. The SMILES string of the molecule is CCC(CC)C(OCCCO)C(=O)O. The number of hydrogen-bond acceptors (Lipinski definition) is 3. The molecule has 0 fully saturated rings. The van der Waals surface area contributed by atoms with E-state index in [0.29, 0.717) is 13.0 Å². The molecular weight excluding hydrogens is 184 g/mol. The normalized spacial score (nSPS) is 13.1. The predicted octanol–water partition coefficient (Wildman–Crippen LogP) is 1.27. The van der Waals surface area contributed by atoms with Gasteiger partial charge >= 0.3 is 5.97 Å². The van der Waals surface area contributed by atoms with Gasteiger partial charge in [0.15, 0.2) is 6.10 Å². The molecule has 0 aromatic rings. The van der Waals surface area contributed by atoms with Crippen molar-refractivity contribution in [3.63, 3.8) is 0 Å². The van der Waals surface area contributed by atoms with Gasteiger partial charge in [-0.25, -0.2) is 4.79 Å². The quantitative estimate of drug-likeness (QED) is 0.584. The lowest BCUT2D eigenvalue weighted by Crippen LogP contribution is -2.32. The Morgan fingerprint density at radius 2 is 1.93 bits per heavy atom. The molecule has 0 saturated carbocycles. The van der Waals surface area contributed by atoms with Crippen LogP contribution in [0.15, 0.2) is 0 Å². The molecule has 0 radical (unpaired) electrons. The number of hydrogen-bond donors (Lipinski definition) is 2. The number of carboxylic acids is 1. The van der Waals surface area contributed by atoms with E-state index in [1.165, 1.54) is 0 Å². The Hall–Kier alpha value is -0.610. The minimum absolute atomic E-state index is 0.0370. The number of carbonyl (C=O) groups is 1. The van der Waals surface area contributed by atoms with E-state index in [1.54, 1.807) is 0 Å². The second-order valence-electron chi connectivity index (χ2n) is 3.28. The second-order valence-corrected chi connectivity index (χ2v) is 3.28. The molecule has 84 valence electrons. The van der Waals surface area contributed by atoms with E-state index in [2.05, 4.69) is 0 Å². The van der Waals surface area contributed by atoms with Crippen LogP contribution in [0, 0.1) is 5.92 Å². The van der Waals surface area contributed by atoms with Crippen LogP contribution in [0.3, 0.4) is 0 Å². The fourth-order valence-electron chi connectivity index (χ4n) is 1.40. The lowest BCUT2D eigenvalue weighted by Gasteiger charge is -2.21. The van der Waals surface area contributed by atoms with Crippen LogP contribution in [-0.4, -0.2) is 35.5 Å². The third kappa shape index (κ3) is 4.58. The predicted molar refractivity (Wildman–Crippen MR) is 53.2 cm³/mol. The van der Waals surface area contributed by atoms with Gasteiger partial charge in [0, 0.05) is 13.2 Å². The van der Waals surface area contributed by atoms with Crippen LogP contribution in [0.4, 0.5) is 0 Å². The van der Waals surface area contributed by atoms with Crippen molar-refractivity contribution in [2.75, 3.05) is 13.2 Å². The van der Waals surface area contributed by atoms with Gasteiger partial charge in [0.05, 0.1) is 0 Å². The zero-order valence-corrected chi connectivity index (χ0v) is 8.90. The van der Waals surface area contributed by atoms with Crippen LogP contribution in [0.1, 0.15) is 33.1 Å². The first kappa shape index (κ1) is 13.4. The van der Waals surface area contributed by atoms with Gasteiger partial charge < -0.3 is 14.9 Å². The molecule has 0 heterocycles. The summed E-state index contributed by atoms with van der Waals surface area (Å²) in [7, 11) is 0. The molecule has 1 unspecified atom stereocenters. The number of aliphatic hydroxyl groups is 1. The summed E-state index contributed by atoms with van der Waals surface area (Å²) in [5.41, 5.74) is 0. The second kappa shape index (κ2) is 7.76. The molecule has 0 aliphatic rings. The minimum atomic E-state index is -0.906. The van der Waals surface area contributed by atoms with E-state index < -0.39 is 12.1 Å². The highest BCUT2D eigenvalue weighted by Crippen LogP contribution is 2.16. The lowest BCUT2D eigenvalue weighted by atomic mass is 9.96. The van der Waals surface area contributed by atoms with Gasteiger partial charge in [-0.3, -0.25) is 0 Å². The van der Waals surface area contributed by atoms with Gasteiger partial charge in [0.2, 0.25) is 0 Å². The molecule has 0 bridgehead atoms. The van der Waals surface area contributed by atoms with E-state index in [9.17, 15) is 4.79 Å². The maximum atomic E-state index is 10.9. The third-order valence-corrected chi connectivity index (χ3v) is 2.32. The van der Waals surface area contributed by atoms with Crippen LogP contribution in [0.25, 0.3) is 0 Å². The molecule has 0 aromatic heterocycles. The first-order valence-electron chi connectivity index (χ1n) is 5.12. The lowest BCUT2D eigenvalue weighted by molar-refractivity contribution is -0.154. The van der Waals surface area contributed by atoms with Crippen molar-refractivity contribution in [3.8, 4) is 0 Å². The summed E-state index contributed by atoms with van der Waals surface area (Å²) in [6.45, 7) is 4.26. The van der Waals surface area contributed by atoms with Gasteiger partial charge in [0.25, 0.3) is 0 Å². The summed E-state index contributed by atoms with van der Waals surface area (Å²) in [5.74, 6) is -0.845. The van der Waals surface area contributed by atoms with Gasteiger partial charge in [-0.15, -0.1) is 0 Å². The first-order valence-corrected chi connectivity index (χ1v) is 5.12. The average Bonchev–Trinajstić information content (AvgIpc) is 2.17. The molecule has 14 heavy (non-hydrogen) atoms. The number of carboxylic acid groups (broad SMARTS) is 1. The number of aliphatic carboxylic acids is 1. The smallest absolute Gasteiger partial charge is 0.333 e. The van der Waals surface area contributed by atoms with Crippen LogP contribution >= 0.6 is 0 Å². The number of rotatable bonds is 8. The molecule has 2 N–H and O–H groups in total. The summed E-state index contributed by atoms with van der Waals surface area (Å²) in [6, 6.07) is 0. The zero-order chi connectivity index (χ0) is 11.0. The first-order chi connectivity index (χ1) is 6.67. The summed E-state index contributed by atoms with van der Waals surface area (Å²) in [5, 5.41) is 17.5. The molecule has 0 amide bonds. The van der Waals surface area contributed by atoms with Crippen LogP contribution in [0.2, 0.25) is 0 Å². The maximum absolute atomic E-state index is 10.9. The van der Waals surface area contributed by atoms with Crippen LogP contribution in [0.5, 0.6) is 0 Å². The molecule has 0 aromatic carbocycles.